The topological polar surface area (TPSA) is 73.1 Å². The summed E-state index contributed by atoms with van der Waals surface area (Å²) in [5, 5.41) is 2.65. The molecule has 0 saturated heterocycles. The van der Waals surface area contributed by atoms with Crippen LogP contribution in [-0.2, 0) is 10.0 Å². The third kappa shape index (κ3) is 2.39. The molecule has 4 nitrogen and oxygen atoms in total. The average Bonchev–Trinajstić information content (AvgIpc) is 2.00. The molecule has 0 fully saturated rings. The van der Waals surface area contributed by atoms with Gasteiger partial charge in [-0.05, 0) is 0 Å². The second-order valence-electron chi connectivity index (χ2n) is 2.48. The van der Waals surface area contributed by atoms with E-state index in [0.29, 0.717) is 6.20 Å². The van der Waals surface area contributed by atoms with Gasteiger partial charge in [-0.25, -0.2) is 31.7 Å². The lowest BCUT2D eigenvalue weighted by Gasteiger charge is -2.06. The Morgan fingerprint density at radius 3 is 2.40 bits per heavy atom. The molecular weight excluding hydrogens is 257 g/mol. The highest BCUT2D eigenvalue weighted by Crippen LogP contribution is 2.30. The maximum Gasteiger partial charge on any atom is 0.268 e. The van der Waals surface area contributed by atoms with Gasteiger partial charge in [0.05, 0.1) is 10.6 Å². The van der Waals surface area contributed by atoms with Crippen LogP contribution in [0.25, 0.3) is 0 Å². The van der Waals surface area contributed by atoms with Crippen molar-refractivity contribution >= 4 is 21.6 Å². The second kappa shape index (κ2) is 3.95. The van der Waals surface area contributed by atoms with E-state index < -0.39 is 37.9 Å². The summed E-state index contributed by atoms with van der Waals surface area (Å²) >= 11 is 5.23. The number of sulfonamides is 1. The fourth-order valence-corrected chi connectivity index (χ4v) is 1.63. The third-order valence-corrected chi connectivity index (χ3v) is 2.59. The molecular formula is C6H4ClF3N2O2S. The van der Waals surface area contributed by atoms with E-state index in [1.165, 1.54) is 0 Å². The number of hydrogen-bond acceptors (Lipinski definition) is 3. The predicted molar refractivity (Wildman–Crippen MR) is 45.5 cm³/mol. The highest BCUT2D eigenvalue weighted by atomic mass is 35.5. The highest BCUT2D eigenvalue weighted by Gasteiger charge is 2.26. The van der Waals surface area contributed by atoms with Crippen molar-refractivity contribution in [2.24, 2.45) is 5.14 Å². The molecule has 0 aliphatic carbocycles. The number of nitrogens with two attached hydrogens (primary N) is 1. The van der Waals surface area contributed by atoms with Crippen molar-refractivity contribution < 1.29 is 21.6 Å². The molecule has 0 radical (unpaired) electrons. The van der Waals surface area contributed by atoms with Gasteiger partial charge in [-0.1, -0.05) is 11.6 Å². The van der Waals surface area contributed by atoms with Gasteiger partial charge >= 0.3 is 0 Å². The first-order valence-corrected chi connectivity index (χ1v) is 5.32. The van der Waals surface area contributed by atoms with Gasteiger partial charge in [0.15, 0.2) is 5.82 Å². The normalized spacial score (nSPS) is 12.1. The van der Waals surface area contributed by atoms with Crippen LogP contribution in [0, 0.1) is 5.82 Å². The van der Waals surface area contributed by atoms with Crippen molar-refractivity contribution in [3.05, 3.63) is 22.6 Å². The van der Waals surface area contributed by atoms with Gasteiger partial charge in [0, 0.05) is 6.20 Å². The first-order chi connectivity index (χ1) is 6.75. The Morgan fingerprint density at radius 1 is 1.47 bits per heavy atom. The van der Waals surface area contributed by atoms with E-state index >= 15 is 0 Å². The Balaban J connectivity index is 3.56. The summed E-state index contributed by atoms with van der Waals surface area (Å²) in [6.45, 7) is 0. The van der Waals surface area contributed by atoms with E-state index in [0.717, 1.165) is 0 Å². The van der Waals surface area contributed by atoms with E-state index in [-0.39, 0.29) is 0 Å². The highest BCUT2D eigenvalue weighted by molar-refractivity contribution is 7.89. The summed E-state index contributed by atoms with van der Waals surface area (Å²) < 4.78 is 59.2. The number of primary sulfonamides is 1. The SMILES string of the molecule is NS(=O)(=O)c1ncc(Cl)c(C(F)F)c1F. The molecule has 1 heterocycles. The molecule has 0 aromatic carbocycles. The Bertz CT molecular complexity index is 491. The van der Waals surface area contributed by atoms with Crippen molar-refractivity contribution in [1.29, 1.82) is 0 Å². The minimum absolute atomic E-state index is 0.603. The van der Waals surface area contributed by atoms with E-state index in [4.69, 9.17) is 11.6 Å². The van der Waals surface area contributed by atoms with Crippen LogP contribution in [0.4, 0.5) is 13.2 Å². The van der Waals surface area contributed by atoms with Crippen LogP contribution >= 0.6 is 11.6 Å². The third-order valence-electron chi connectivity index (χ3n) is 1.46. The largest absolute Gasteiger partial charge is 0.268 e. The van der Waals surface area contributed by atoms with Crippen LogP contribution in [0.2, 0.25) is 5.02 Å². The molecule has 0 unspecified atom stereocenters. The summed E-state index contributed by atoms with van der Waals surface area (Å²) in [6.07, 6.45) is -2.65. The second-order valence-corrected chi connectivity index (χ2v) is 4.37. The summed E-state index contributed by atoms with van der Waals surface area (Å²) in [7, 11) is -4.48. The number of alkyl halides is 2. The zero-order valence-electron chi connectivity index (χ0n) is 6.92. The van der Waals surface area contributed by atoms with Gasteiger partial charge in [0.25, 0.3) is 16.4 Å². The Labute approximate surface area is 87.9 Å². The van der Waals surface area contributed by atoms with Gasteiger partial charge in [-0.2, -0.15) is 0 Å². The first kappa shape index (κ1) is 12.2. The summed E-state index contributed by atoms with van der Waals surface area (Å²) in [5.41, 5.74) is -1.23. The molecule has 1 aromatic rings. The quantitative estimate of drug-likeness (QED) is 0.875. The molecule has 0 saturated carbocycles. The van der Waals surface area contributed by atoms with Crippen molar-refractivity contribution in [3.63, 3.8) is 0 Å². The molecule has 9 heteroatoms. The number of nitrogens with zero attached hydrogens (tertiary/aromatic N) is 1. The Hall–Kier alpha value is -0.860. The van der Waals surface area contributed by atoms with Crippen molar-refractivity contribution in [1.82, 2.24) is 4.98 Å². The summed E-state index contributed by atoms with van der Waals surface area (Å²) in [6, 6.07) is 0. The standard InChI is InChI=1S/C6H4ClF3N2O2S/c7-2-1-12-6(15(11,13)14)4(8)3(2)5(9)10/h1,5H,(H2,11,13,14). The molecule has 2 N–H and O–H groups in total. The summed E-state index contributed by atoms with van der Waals surface area (Å²) in [5.74, 6) is -1.72. The van der Waals surface area contributed by atoms with Crippen LogP contribution < -0.4 is 5.14 Å². The van der Waals surface area contributed by atoms with E-state index in [1.54, 1.807) is 0 Å². The van der Waals surface area contributed by atoms with Crippen LogP contribution in [0.15, 0.2) is 11.2 Å². The number of rotatable bonds is 2. The first-order valence-electron chi connectivity index (χ1n) is 3.40. The minimum Gasteiger partial charge on any atom is -0.239 e. The molecule has 1 rings (SSSR count). The molecule has 15 heavy (non-hydrogen) atoms. The lowest BCUT2D eigenvalue weighted by atomic mass is 10.3. The fraction of sp³-hybridized carbons (Fsp3) is 0.167. The zero-order valence-corrected chi connectivity index (χ0v) is 8.49. The van der Waals surface area contributed by atoms with E-state index in [9.17, 15) is 21.6 Å². The van der Waals surface area contributed by atoms with Gasteiger partial charge in [-0.3, -0.25) is 0 Å². The number of aromatic nitrogens is 1. The lowest BCUT2D eigenvalue weighted by Crippen LogP contribution is -2.17. The minimum atomic E-state index is -4.48. The van der Waals surface area contributed by atoms with Gasteiger partial charge in [0.2, 0.25) is 5.03 Å². The average molecular weight is 261 g/mol. The van der Waals surface area contributed by atoms with E-state index in [1.807, 2.05) is 0 Å². The molecule has 0 aliphatic heterocycles. The smallest absolute Gasteiger partial charge is 0.239 e. The zero-order chi connectivity index (χ0) is 11.8. The van der Waals surface area contributed by atoms with Crippen LogP contribution in [0.1, 0.15) is 12.0 Å². The number of halogens is 4. The number of pyridine rings is 1. The molecule has 0 aliphatic rings. The molecule has 0 spiro atoms. The van der Waals surface area contributed by atoms with Crippen LogP contribution in [0.5, 0.6) is 0 Å². The Morgan fingerprint density at radius 2 is 2.00 bits per heavy atom. The number of hydrogen-bond donors (Lipinski definition) is 1. The molecule has 0 amide bonds. The fourth-order valence-electron chi connectivity index (χ4n) is 0.860. The molecule has 1 aromatic heterocycles. The van der Waals surface area contributed by atoms with Gasteiger partial charge < -0.3 is 0 Å². The van der Waals surface area contributed by atoms with Crippen molar-refractivity contribution in [3.8, 4) is 0 Å². The Kier molecular flexibility index (Phi) is 3.22. The van der Waals surface area contributed by atoms with Gasteiger partial charge in [-0.15, -0.1) is 0 Å². The van der Waals surface area contributed by atoms with Gasteiger partial charge in [0.1, 0.15) is 0 Å². The lowest BCUT2D eigenvalue weighted by molar-refractivity contribution is 0.145. The van der Waals surface area contributed by atoms with Crippen LogP contribution in [0.3, 0.4) is 0 Å². The van der Waals surface area contributed by atoms with Crippen molar-refractivity contribution in [2.45, 2.75) is 11.5 Å². The summed E-state index contributed by atoms with van der Waals surface area (Å²) in [4.78, 5) is 3.04. The van der Waals surface area contributed by atoms with Crippen molar-refractivity contribution in [2.75, 3.05) is 0 Å². The molecule has 84 valence electrons. The van der Waals surface area contributed by atoms with E-state index in [2.05, 4.69) is 10.1 Å². The maximum absolute atomic E-state index is 13.2. The maximum atomic E-state index is 13.2. The molecule has 0 bridgehead atoms. The van der Waals surface area contributed by atoms with Crippen LogP contribution in [-0.4, -0.2) is 13.4 Å². The predicted octanol–water partition coefficient (Wildman–Crippen LogP) is 1.46. The molecule has 0 atom stereocenters. The monoisotopic (exact) mass is 260 g/mol.